The van der Waals surface area contributed by atoms with E-state index < -0.39 is 10.0 Å². The van der Waals surface area contributed by atoms with Gasteiger partial charge in [0.2, 0.25) is 0 Å². The molecule has 2 aromatic rings. The summed E-state index contributed by atoms with van der Waals surface area (Å²) in [4.78, 5) is 3.74. The normalized spacial score (nSPS) is 11.7. The number of imidazole rings is 1. The highest BCUT2D eigenvalue weighted by atomic mass is 32.2. The molecule has 0 saturated heterocycles. The van der Waals surface area contributed by atoms with Gasteiger partial charge < -0.3 is 10.3 Å². The minimum Gasteiger partial charge on any atom is -0.381 e. The second kappa shape index (κ2) is 4.33. The van der Waals surface area contributed by atoms with Crippen molar-refractivity contribution in [2.75, 3.05) is 10.5 Å². The predicted molar refractivity (Wildman–Crippen MR) is 66.4 cm³/mol. The molecule has 18 heavy (non-hydrogen) atoms. The minimum atomic E-state index is -3.78. The summed E-state index contributed by atoms with van der Waals surface area (Å²) in [5, 5.41) is 6.50. The van der Waals surface area contributed by atoms with Crippen molar-refractivity contribution in [3.05, 3.63) is 18.1 Å². The van der Waals surface area contributed by atoms with Gasteiger partial charge in [-0.2, -0.15) is 13.5 Å². The fourth-order valence-electron chi connectivity index (χ4n) is 1.55. The molecule has 9 heteroatoms. The van der Waals surface area contributed by atoms with Crippen molar-refractivity contribution >= 4 is 21.7 Å². The summed E-state index contributed by atoms with van der Waals surface area (Å²) in [7, 11) is -2.23. The van der Waals surface area contributed by atoms with Gasteiger partial charge in [0.25, 0.3) is 10.0 Å². The van der Waals surface area contributed by atoms with Gasteiger partial charge in [-0.3, -0.25) is 9.82 Å². The SMILES string of the molecule is CCc1cc(NS(=O)(=O)c2c(N)ncn2C)n[nH]1. The van der Waals surface area contributed by atoms with Gasteiger partial charge in [-0.25, -0.2) is 4.98 Å². The highest BCUT2D eigenvalue weighted by molar-refractivity contribution is 7.92. The maximum Gasteiger partial charge on any atom is 0.282 e. The molecule has 0 saturated carbocycles. The first-order valence-corrected chi connectivity index (χ1v) is 6.76. The van der Waals surface area contributed by atoms with E-state index in [4.69, 9.17) is 5.73 Å². The molecule has 0 spiro atoms. The van der Waals surface area contributed by atoms with Crippen LogP contribution in [0.3, 0.4) is 0 Å². The number of sulfonamides is 1. The van der Waals surface area contributed by atoms with Gasteiger partial charge in [-0.05, 0) is 6.42 Å². The molecule has 0 bridgehead atoms. The summed E-state index contributed by atoms with van der Waals surface area (Å²) in [5.41, 5.74) is 6.37. The van der Waals surface area contributed by atoms with Crippen LogP contribution in [0.2, 0.25) is 0 Å². The first kappa shape index (κ1) is 12.4. The number of hydrogen-bond acceptors (Lipinski definition) is 5. The van der Waals surface area contributed by atoms with E-state index in [0.29, 0.717) is 0 Å². The molecule has 2 aromatic heterocycles. The predicted octanol–water partition coefficient (Wildman–Crippen LogP) is 0.0886. The van der Waals surface area contributed by atoms with Crippen LogP contribution < -0.4 is 10.5 Å². The molecule has 4 N–H and O–H groups in total. The second-order valence-electron chi connectivity index (χ2n) is 3.78. The molecule has 0 radical (unpaired) electrons. The fourth-order valence-corrected chi connectivity index (χ4v) is 2.78. The van der Waals surface area contributed by atoms with Crippen molar-refractivity contribution in [2.45, 2.75) is 18.4 Å². The average molecular weight is 270 g/mol. The number of aromatic nitrogens is 4. The lowest BCUT2D eigenvalue weighted by molar-refractivity contribution is 0.591. The average Bonchev–Trinajstić information content (AvgIpc) is 2.85. The van der Waals surface area contributed by atoms with Crippen LogP contribution in [-0.4, -0.2) is 28.2 Å². The van der Waals surface area contributed by atoms with Gasteiger partial charge in [0.1, 0.15) is 0 Å². The van der Waals surface area contributed by atoms with E-state index >= 15 is 0 Å². The number of hydrogen-bond donors (Lipinski definition) is 3. The van der Waals surface area contributed by atoms with E-state index in [2.05, 4.69) is 19.9 Å². The van der Waals surface area contributed by atoms with E-state index in [9.17, 15) is 8.42 Å². The van der Waals surface area contributed by atoms with E-state index in [1.807, 2.05) is 6.92 Å². The molecule has 0 aliphatic rings. The summed E-state index contributed by atoms with van der Waals surface area (Å²) in [6.45, 7) is 1.94. The molecule has 0 atom stereocenters. The van der Waals surface area contributed by atoms with Crippen molar-refractivity contribution in [3.8, 4) is 0 Å². The fraction of sp³-hybridized carbons (Fsp3) is 0.333. The van der Waals surface area contributed by atoms with E-state index in [1.54, 1.807) is 13.1 Å². The number of nitrogens with zero attached hydrogens (tertiary/aromatic N) is 3. The van der Waals surface area contributed by atoms with Crippen LogP contribution in [0.1, 0.15) is 12.6 Å². The Morgan fingerprint density at radius 3 is 2.78 bits per heavy atom. The Bertz CT molecular complexity index is 637. The third-order valence-electron chi connectivity index (χ3n) is 2.41. The summed E-state index contributed by atoms with van der Waals surface area (Å²) in [6, 6.07) is 1.63. The smallest absolute Gasteiger partial charge is 0.282 e. The number of nitrogens with one attached hydrogen (secondary N) is 2. The second-order valence-corrected chi connectivity index (χ2v) is 5.38. The van der Waals surface area contributed by atoms with Crippen molar-refractivity contribution < 1.29 is 8.42 Å². The van der Waals surface area contributed by atoms with Crippen molar-refractivity contribution in [3.63, 3.8) is 0 Å². The lowest BCUT2D eigenvalue weighted by Crippen LogP contribution is -2.17. The summed E-state index contributed by atoms with van der Waals surface area (Å²) >= 11 is 0. The van der Waals surface area contributed by atoms with Crippen LogP contribution in [0.4, 0.5) is 11.6 Å². The molecule has 0 amide bonds. The van der Waals surface area contributed by atoms with Crippen LogP contribution in [0, 0.1) is 0 Å². The minimum absolute atomic E-state index is 0.0451. The summed E-state index contributed by atoms with van der Waals surface area (Å²) in [5.74, 6) is 0.184. The monoisotopic (exact) mass is 270 g/mol. The molecule has 0 fully saturated rings. The third kappa shape index (κ3) is 2.16. The first-order chi connectivity index (χ1) is 8.44. The molecule has 2 rings (SSSR count). The molecule has 8 nitrogen and oxygen atoms in total. The molecule has 2 heterocycles. The molecule has 0 unspecified atom stereocenters. The molecule has 0 aromatic carbocycles. The maximum atomic E-state index is 12.1. The standard InChI is InChI=1S/C9H14N6O2S/c1-3-6-4-7(13-12-6)14-18(16,17)9-8(10)11-5-15(9)2/h4-5H,3,10H2,1-2H3,(H2,12,13,14). The molecular weight excluding hydrogens is 256 g/mol. The van der Waals surface area contributed by atoms with Gasteiger partial charge in [0, 0.05) is 18.8 Å². The van der Waals surface area contributed by atoms with E-state index in [1.165, 1.54) is 10.9 Å². The topological polar surface area (TPSA) is 119 Å². The van der Waals surface area contributed by atoms with Gasteiger partial charge in [0.05, 0.1) is 6.33 Å². The highest BCUT2D eigenvalue weighted by Crippen LogP contribution is 2.19. The maximum absolute atomic E-state index is 12.1. The van der Waals surface area contributed by atoms with Crippen molar-refractivity contribution in [2.24, 2.45) is 7.05 Å². The van der Waals surface area contributed by atoms with Crippen LogP contribution in [0.25, 0.3) is 0 Å². The van der Waals surface area contributed by atoms with E-state index in [0.717, 1.165) is 12.1 Å². The van der Waals surface area contributed by atoms with Gasteiger partial charge in [-0.15, -0.1) is 0 Å². The summed E-state index contributed by atoms with van der Waals surface area (Å²) in [6.07, 6.45) is 2.08. The number of aromatic amines is 1. The number of rotatable bonds is 4. The Morgan fingerprint density at radius 1 is 1.56 bits per heavy atom. The number of aryl methyl sites for hydroxylation is 2. The first-order valence-electron chi connectivity index (χ1n) is 5.28. The summed E-state index contributed by atoms with van der Waals surface area (Å²) < 4.78 is 27.9. The van der Waals surface area contributed by atoms with Crippen molar-refractivity contribution in [1.29, 1.82) is 0 Å². The third-order valence-corrected chi connectivity index (χ3v) is 3.90. The number of nitrogen functional groups attached to an aromatic ring is 1. The zero-order valence-corrected chi connectivity index (χ0v) is 10.8. The molecule has 0 aliphatic heterocycles. The quantitative estimate of drug-likeness (QED) is 0.727. The molecule has 0 aliphatic carbocycles. The highest BCUT2D eigenvalue weighted by Gasteiger charge is 2.23. The van der Waals surface area contributed by atoms with Crippen LogP contribution >= 0.6 is 0 Å². The Hall–Kier alpha value is -2.03. The lowest BCUT2D eigenvalue weighted by Gasteiger charge is -2.06. The molecule has 98 valence electrons. The van der Waals surface area contributed by atoms with Gasteiger partial charge in [0.15, 0.2) is 16.7 Å². The van der Waals surface area contributed by atoms with Crippen LogP contribution in [0.5, 0.6) is 0 Å². The number of nitrogens with two attached hydrogens (primary N) is 1. The Balaban J connectivity index is 2.33. The Labute approximate surface area is 104 Å². The Kier molecular flexibility index (Phi) is 2.99. The van der Waals surface area contributed by atoms with Crippen LogP contribution in [0.15, 0.2) is 17.4 Å². The number of H-pyrrole nitrogens is 1. The van der Waals surface area contributed by atoms with Gasteiger partial charge in [-0.1, -0.05) is 6.92 Å². The molecular formula is C9H14N6O2S. The van der Waals surface area contributed by atoms with Crippen LogP contribution in [-0.2, 0) is 23.5 Å². The Morgan fingerprint density at radius 2 is 2.28 bits per heavy atom. The zero-order chi connectivity index (χ0) is 13.3. The van der Waals surface area contributed by atoms with Crippen molar-refractivity contribution in [1.82, 2.24) is 19.7 Å². The largest absolute Gasteiger partial charge is 0.381 e. The zero-order valence-electron chi connectivity index (χ0n) is 10.0. The lowest BCUT2D eigenvalue weighted by atomic mass is 10.3. The number of anilines is 2. The van der Waals surface area contributed by atoms with E-state index in [-0.39, 0.29) is 16.7 Å². The van der Waals surface area contributed by atoms with Gasteiger partial charge >= 0.3 is 0 Å².